The van der Waals surface area contributed by atoms with Gasteiger partial charge in [-0.3, -0.25) is 24.0 Å². The van der Waals surface area contributed by atoms with Gasteiger partial charge in [0.25, 0.3) is 0 Å². The molecule has 8 rings (SSSR count). The van der Waals surface area contributed by atoms with Crippen molar-refractivity contribution in [3.05, 3.63) is 215 Å². The molecule has 0 aromatic heterocycles. The Morgan fingerprint density at radius 1 is 0.447 bits per heavy atom. The second-order valence-electron chi connectivity index (χ2n) is 18.3. The lowest BCUT2D eigenvalue weighted by molar-refractivity contribution is -0.388. The van der Waals surface area contributed by atoms with E-state index >= 15 is 0 Å². The van der Waals surface area contributed by atoms with Crippen molar-refractivity contribution in [1.29, 1.82) is 0 Å². The second-order valence-corrected chi connectivity index (χ2v) is 18.3. The summed E-state index contributed by atoms with van der Waals surface area (Å²) in [6.07, 6.45) is -13.4. The smallest absolute Gasteiger partial charge is 0.303 e. The third-order valence-electron chi connectivity index (χ3n) is 13.1. The highest BCUT2D eigenvalue weighted by molar-refractivity contribution is 5.68. The number of carbonyl (C=O) groups excluding carboxylic acids is 5. The number of hydrogen-bond acceptors (Lipinski definition) is 16. The molecule has 6 aromatic carbocycles. The summed E-state index contributed by atoms with van der Waals surface area (Å²) in [7, 11) is 0. The topological polar surface area (TPSA) is 198 Å². The van der Waals surface area contributed by atoms with Crippen molar-refractivity contribution in [2.45, 2.75) is 101 Å². The first-order valence-electron chi connectivity index (χ1n) is 24.8. The molecule has 76 heavy (non-hydrogen) atoms. The molecular formula is C60H60O16. The molecule has 0 saturated carbocycles. The van der Waals surface area contributed by atoms with E-state index in [9.17, 15) is 29.1 Å². The van der Waals surface area contributed by atoms with Crippen molar-refractivity contribution >= 4 is 29.8 Å². The lowest BCUT2D eigenvalue weighted by atomic mass is 9.80. The molecule has 0 aliphatic carbocycles. The van der Waals surface area contributed by atoms with Crippen molar-refractivity contribution in [1.82, 2.24) is 0 Å². The van der Waals surface area contributed by atoms with Crippen LogP contribution >= 0.6 is 0 Å². The quantitative estimate of drug-likeness (QED) is 0.0448. The largest absolute Gasteiger partial charge is 0.463 e. The molecule has 0 spiro atoms. The van der Waals surface area contributed by atoms with Crippen LogP contribution in [0.3, 0.4) is 0 Å². The predicted molar refractivity (Wildman–Crippen MR) is 273 cm³/mol. The van der Waals surface area contributed by atoms with E-state index in [2.05, 4.69) is 0 Å². The zero-order valence-electron chi connectivity index (χ0n) is 42.6. The minimum atomic E-state index is -2.49. The van der Waals surface area contributed by atoms with Gasteiger partial charge in [-0.25, -0.2) is 0 Å². The first-order chi connectivity index (χ1) is 36.7. The van der Waals surface area contributed by atoms with E-state index in [0.29, 0.717) is 16.7 Å². The minimum Gasteiger partial charge on any atom is -0.463 e. The number of ether oxygens (including phenoxy) is 10. The van der Waals surface area contributed by atoms with Gasteiger partial charge < -0.3 is 52.5 Å². The number of rotatable bonds is 20. The highest BCUT2D eigenvalue weighted by atomic mass is 16.8. The Kier molecular flexibility index (Phi) is 17.6. The molecule has 0 amide bonds. The lowest BCUT2D eigenvalue weighted by Gasteiger charge is -2.46. The van der Waals surface area contributed by atoms with Gasteiger partial charge in [-0.2, -0.15) is 0 Å². The first kappa shape index (κ1) is 54.7. The van der Waals surface area contributed by atoms with E-state index in [1.54, 1.807) is 0 Å². The van der Waals surface area contributed by atoms with E-state index in [4.69, 9.17) is 47.4 Å². The fourth-order valence-electron chi connectivity index (χ4n) is 9.99. The van der Waals surface area contributed by atoms with Gasteiger partial charge in [0.15, 0.2) is 24.4 Å². The fraction of sp³-hybridized carbons (Fsp3) is 0.317. The van der Waals surface area contributed by atoms with Gasteiger partial charge in [-0.05, 0) is 33.4 Å². The molecule has 2 fully saturated rings. The van der Waals surface area contributed by atoms with Gasteiger partial charge in [-0.1, -0.05) is 182 Å². The standard InChI is InChI=1S/C60H60O16/c1-39(61)67-36-50-52(66)54(71-41(3)63)55(72-42(4)64)57(74-50)76-58(38-69-60(47-30-18-9-19-31-47,48-32-20-10-21-33-48)49-34-22-11-23-35-49)56(73-43(5)65)53(70-40(2)62)51(75-58)37-68-59(44-24-12-6-13-25-44,45-26-14-7-15-27-45)46-28-16-8-17-29-46/h6-35,50-57,66H,36-38H2,1-5H3/t50-,51+,52-,53-,54-,55+,56-,57+,58+/m0/s1. The maximum Gasteiger partial charge on any atom is 0.303 e. The molecule has 6 aromatic rings. The molecule has 1 N–H and O–H groups in total. The van der Waals surface area contributed by atoms with Crippen LogP contribution in [0.25, 0.3) is 0 Å². The number of aliphatic hydroxyl groups excluding tert-OH is 1. The highest BCUT2D eigenvalue weighted by Gasteiger charge is 2.65. The Morgan fingerprint density at radius 2 is 0.803 bits per heavy atom. The van der Waals surface area contributed by atoms with Crippen LogP contribution in [0.15, 0.2) is 182 Å². The third kappa shape index (κ3) is 11.9. The summed E-state index contributed by atoms with van der Waals surface area (Å²) in [5, 5.41) is 11.7. The SMILES string of the molecule is CC(=O)OC[C@@H]1O[C@H](O[C@@]2(COC(c3ccccc3)(c3ccccc3)c3ccccc3)O[C@H](COC(c3ccccc3)(c3ccccc3)c3ccccc3)[C@H](OC(C)=O)[C@@H]2OC(C)=O)[C@H](OC(C)=O)[C@@H](OC(C)=O)[C@H]1O. The molecule has 16 nitrogen and oxygen atoms in total. The maximum atomic E-state index is 13.7. The molecule has 0 bridgehead atoms. The summed E-state index contributed by atoms with van der Waals surface area (Å²) >= 11 is 0. The van der Waals surface area contributed by atoms with Gasteiger partial charge in [0.05, 0.1) is 6.61 Å². The number of hydrogen-bond donors (Lipinski definition) is 1. The Morgan fingerprint density at radius 3 is 1.17 bits per heavy atom. The van der Waals surface area contributed by atoms with Crippen LogP contribution in [0, 0.1) is 0 Å². The number of carbonyl (C=O) groups is 5. The molecule has 2 heterocycles. The van der Waals surface area contributed by atoms with Crippen LogP contribution in [0.1, 0.15) is 68.0 Å². The second kappa shape index (κ2) is 24.4. The van der Waals surface area contributed by atoms with Crippen LogP contribution in [-0.4, -0.2) is 110 Å². The fourth-order valence-corrected chi connectivity index (χ4v) is 9.99. The van der Waals surface area contributed by atoms with Crippen molar-refractivity contribution in [3.63, 3.8) is 0 Å². The molecule has 396 valence electrons. The zero-order chi connectivity index (χ0) is 53.9. The average molecular weight is 1040 g/mol. The molecule has 0 radical (unpaired) electrons. The van der Waals surface area contributed by atoms with Crippen LogP contribution in [0.4, 0.5) is 0 Å². The summed E-state index contributed by atoms with van der Waals surface area (Å²) in [4.78, 5) is 65.3. The molecule has 9 atom stereocenters. The summed E-state index contributed by atoms with van der Waals surface area (Å²) < 4.78 is 64.6. The first-order valence-corrected chi connectivity index (χ1v) is 24.8. The number of esters is 5. The summed E-state index contributed by atoms with van der Waals surface area (Å²) in [5.41, 5.74) is 1.23. The average Bonchev–Trinajstić information content (AvgIpc) is 3.82. The van der Waals surface area contributed by atoms with E-state index < -0.39 is 116 Å². The summed E-state index contributed by atoms with van der Waals surface area (Å²) in [6, 6.07) is 56.5. The van der Waals surface area contributed by atoms with E-state index in [1.165, 1.54) is 6.92 Å². The normalized spacial score (nSPS) is 23.4. The lowest BCUT2D eigenvalue weighted by Crippen LogP contribution is -2.65. The maximum absolute atomic E-state index is 13.7. The van der Waals surface area contributed by atoms with Crippen molar-refractivity contribution in [2.24, 2.45) is 0 Å². The minimum absolute atomic E-state index is 0.399. The van der Waals surface area contributed by atoms with Gasteiger partial charge in [-0.15, -0.1) is 0 Å². The number of benzene rings is 6. The van der Waals surface area contributed by atoms with Gasteiger partial charge in [0, 0.05) is 34.6 Å². The Hall–Kier alpha value is -7.57. The van der Waals surface area contributed by atoms with Gasteiger partial charge in [0.2, 0.25) is 12.1 Å². The Labute approximate surface area is 440 Å². The zero-order valence-corrected chi connectivity index (χ0v) is 42.6. The van der Waals surface area contributed by atoms with Crippen molar-refractivity contribution in [2.75, 3.05) is 19.8 Å². The summed E-state index contributed by atoms with van der Waals surface area (Å²) in [5.74, 6) is -6.68. The van der Waals surface area contributed by atoms with E-state index in [-0.39, 0.29) is 0 Å². The van der Waals surface area contributed by atoms with Crippen molar-refractivity contribution in [3.8, 4) is 0 Å². The molecular weight excluding hydrogens is 977 g/mol. The van der Waals surface area contributed by atoms with Crippen LogP contribution in [0.5, 0.6) is 0 Å². The Balaban J connectivity index is 1.35. The summed E-state index contributed by atoms with van der Waals surface area (Å²) in [6.45, 7) is 3.95. The van der Waals surface area contributed by atoms with Gasteiger partial charge >= 0.3 is 29.8 Å². The van der Waals surface area contributed by atoms with Crippen LogP contribution in [0.2, 0.25) is 0 Å². The van der Waals surface area contributed by atoms with Crippen LogP contribution in [-0.2, 0) is 82.5 Å². The predicted octanol–water partition coefficient (Wildman–Crippen LogP) is 7.49. The van der Waals surface area contributed by atoms with E-state index in [0.717, 1.165) is 44.4 Å². The molecule has 0 unspecified atom stereocenters. The van der Waals surface area contributed by atoms with Crippen LogP contribution < -0.4 is 0 Å². The molecule has 2 aliphatic heterocycles. The third-order valence-corrected chi connectivity index (χ3v) is 13.1. The van der Waals surface area contributed by atoms with E-state index in [1.807, 2.05) is 182 Å². The molecule has 16 heteroatoms. The highest BCUT2D eigenvalue weighted by Crippen LogP contribution is 2.48. The molecule has 2 saturated heterocycles. The van der Waals surface area contributed by atoms with Gasteiger partial charge in [0.1, 0.15) is 42.7 Å². The Bertz CT molecular complexity index is 2680. The monoisotopic (exact) mass is 1040 g/mol. The van der Waals surface area contributed by atoms with Crippen molar-refractivity contribution < 1.29 is 76.4 Å². The number of aliphatic hydroxyl groups is 1. The molecule has 2 aliphatic rings.